The van der Waals surface area contributed by atoms with Crippen LogP contribution in [-0.4, -0.2) is 9.97 Å². The van der Waals surface area contributed by atoms with Crippen LogP contribution in [0.1, 0.15) is 16.7 Å². The standard InChI is InChI=1S/C13H8F6N2/c1-7-5-20-11(21-6-7)9-3-2-8(12(14,15)16)4-10(9)13(17,18)19/h2-6H,1H3. The van der Waals surface area contributed by atoms with E-state index in [1.165, 1.54) is 12.4 Å². The lowest BCUT2D eigenvalue weighted by molar-refractivity contribution is -0.142. The minimum atomic E-state index is -4.94. The van der Waals surface area contributed by atoms with Gasteiger partial charge in [-0.05, 0) is 30.7 Å². The maximum absolute atomic E-state index is 13.0. The number of hydrogen-bond acceptors (Lipinski definition) is 2. The number of aromatic nitrogens is 2. The van der Waals surface area contributed by atoms with Crippen molar-refractivity contribution < 1.29 is 26.3 Å². The van der Waals surface area contributed by atoms with E-state index >= 15 is 0 Å². The normalized spacial score (nSPS) is 12.5. The second-order valence-corrected chi connectivity index (χ2v) is 4.34. The number of alkyl halides is 6. The average molecular weight is 306 g/mol. The lowest BCUT2D eigenvalue weighted by Gasteiger charge is -2.15. The van der Waals surface area contributed by atoms with Crippen LogP contribution >= 0.6 is 0 Å². The summed E-state index contributed by atoms with van der Waals surface area (Å²) in [5.41, 5.74) is -2.65. The molecule has 1 heterocycles. The van der Waals surface area contributed by atoms with Gasteiger partial charge in [0.25, 0.3) is 0 Å². The number of aryl methyl sites for hydroxylation is 1. The first kappa shape index (κ1) is 15.3. The van der Waals surface area contributed by atoms with Crippen molar-refractivity contribution in [3.8, 4) is 11.4 Å². The highest BCUT2D eigenvalue weighted by Crippen LogP contribution is 2.39. The first-order valence-corrected chi connectivity index (χ1v) is 5.66. The molecule has 0 spiro atoms. The highest BCUT2D eigenvalue weighted by Gasteiger charge is 2.38. The van der Waals surface area contributed by atoms with E-state index in [0.717, 1.165) is 6.07 Å². The second-order valence-electron chi connectivity index (χ2n) is 4.34. The van der Waals surface area contributed by atoms with Crippen molar-refractivity contribution in [2.45, 2.75) is 19.3 Å². The van der Waals surface area contributed by atoms with Crippen LogP contribution in [0.3, 0.4) is 0 Å². The van der Waals surface area contributed by atoms with Gasteiger partial charge in [-0.3, -0.25) is 0 Å². The Kier molecular flexibility index (Phi) is 3.65. The zero-order valence-corrected chi connectivity index (χ0v) is 10.5. The van der Waals surface area contributed by atoms with Gasteiger partial charge in [0.1, 0.15) is 0 Å². The highest BCUT2D eigenvalue weighted by molar-refractivity contribution is 5.62. The largest absolute Gasteiger partial charge is 0.417 e. The van der Waals surface area contributed by atoms with Crippen LogP contribution in [-0.2, 0) is 12.4 Å². The molecule has 1 aromatic heterocycles. The molecule has 0 aliphatic rings. The van der Waals surface area contributed by atoms with Crippen molar-refractivity contribution in [1.82, 2.24) is 9.97 Å². The van der Waals surface area contributed by atoms with E-state index in [0.29, 0.717) is 11.6 Å². The third-order valence-electron chi connectivity index (χ3n) is 2.67. The zero-order valence-electron chi connectivity index (χ0n) is 10.5. The highest BCUT2D eigenvalue weighted by atomic mass is 19.4. The fourth-order valence-corrected chi connectivity index (χ4v) is 1.68. The minimum Gasteiger partial charge on any atom is -0.236 e. The number of halogens is 6. The van der Waals surface area contributed by atoms with Gasteiger partial charge in [0.05, 0.1) is 11.1 Å². The molecule has 2 nitrogen and oxygen atoms in total. The molecule has 0 atom stereocenters. The molecule has 1 aromatic carbocycles. The fraction of sp³-hybridized carbons (Fsp3) is 0.231. The molecular formula is C13H8F6N2. The monoisotopic (exact) mass is 306 g/mol. The molecule has 0 fully saturated rings. The average Bonchev–Trinajstić information content (AvgIpc) is 2.37. The summed E-state index contributed by atoms with van der Waals surface area (Å²) in [6.45, 7) is 1.64. The first-order chi connectivity index (χ1) is 9.59. The summed E-state index contributed by atoms with van der Waals surface area (Å²) in [4.78, 5) is 7.44. The van der Waals surface area contributed by atoms with E-state index in [1.807, 2.05) is 0 Å². The quantitative estimate of drug-likeness (QED) is 0.725. The molecule has 0 unspecified atom stereocenters. The van der Waals surface area contributed by atoms with Crippen LogP contribution in [0.5, 0.6) is 0 Å². The third-order valence-corrected chi connectivity index (χ3v) is 2.67. The van der Waals surface area contributed by atoms with E-state index in [2.05, 4.69) is 9.97 Å². The van der Waals surface area contributed by atoms with Gasteiger partial charge in [0, 0.05) is 18.0 Å². The molecule has 2 aromatic rings. The summed E-state index contributed by atoms with van der Waals surface area (Å²) in [5, 5.41) is 0. The smallest absolute Gasteiger partial charge is 0.236 e. The SMILES string of the molecule is Cc1cnc(-c2ccc(C(F)(F)F)cc2C(F)(F)F)nc1. The van der Waals surface area contributed by atoms with Crippen molar-refractivity contribution in [3.05, 3.63) is 47.3 Å². The summed E-state index contributed by atoms with van der Waals surface area (Å²) in [6.07, 6.45) is -7.21. The summed E-state index contributed by atoms with van der Waals surface area (Å²) in [6, 6.07) is 1.38. The van der Waals surface area contributed by atoms with Gasteiger partial charge in [-0.15, -0.1) is 0 Å². The molecule has 0 aliphatic carbocycles. The van der Waals surface area contributed by atoms with Crippen LogP contribution in [0.4, 0.5) is 26.3 Å². The Balaban J connectivity index is 2.63. The Hall–Kier alpha value is -2.12. The van der Waals surface area contributed by atoms with E-state index in [-0.39, 0.29) is 11.9 Å². The Labute approximate surface area is 115 Å². The van der Waals surface area contributed by atoms with Crippen LogP contribution in [0.25, 0.3) is 11.4 Å². The molecule has 0 aliphatic heterocycles. The van der Waals surface area contributed by atoms with Gasteiger partial charge >= 0.3 is 12.4 Å². The van der Waals surface area contributed by atoms with Crippen molar-refractivity contribution >= 4 is 0 Å². The van der Waals surface area contributed by atoms with Crippen LogP contribution < -0.4 is 0 Å². The Morgan fingerprint density at radius 3 is 1.90 bits per heavy atom. The molecule has 0 radical (unpaired) electrons. The van der Waals surface area contributed by atoms with E-state index in [1.54, 1.807) is 6.92 Å². The van der Waals surface area contributed by atoms with Gasteiger partial charge in [-0.1, -0.05) is 0 Å². The van der Waals surface area contributed by atoms with Crippen LogP contribution in [0, 0.1) is 6.92 Å². The molecule has 8 heteroatoms. The molecule has 0 saturated heterocycles. The molecule has 112 valence electrons. The predicted octanol–water partition coefficient (Wildman–Crippen LogP) is 4.49. The summed E-state index contributed by atoms with van der Waals surface area (Å²) in [7, 11) is 0. The van der Waals surface area contributed by atoms with E-state index in [9.17, 15) is 26.3 Å². The van der Waals surface area contributed by atoms with Gasteiger partial charge < -0.3 is 0 Å². The molecule has 0 amide bonds. The topological polar surface area (TPSA) is 25.8 Å². The third kappa shape index (κ3) is 3.32. The van der Waals surface area contributed by atoms with Crippen molar-refractivity contribution in [2.75, 3.05) is 0 Å². The molecule has 0 bridgehead atoms. The van der Waals surface area contributed by atoms with E-state index in [4.69, 9.17) is 0 Å². The summed E-state index contributed by atoms with van der Waals surface area (Å²) >= 11 is 0. The molecule has 0 N–H and O–H groups in total. The van der Waals surface area contributed by atoms with Crippen molar-refractivity contribution in [3.63, 3.8) is 0 Å². The molecule has 2 rings (SSSR count). The maximum atomic E-state index is 13.0. The number of hydrogen-bond donors (Lipinski definition) is 0. The van der Waals surface area contributed by atoms with Crippen LogP contribution in [0.2, 0.25) is 0 Å². The predicted molar refractivity (Wildman–Crippen MR) is 62.2 cm³/mol. The van der Waals surface area contributed by atoms with Crippen molar-refractivity contribution in [2.24, 2.45) is 0 Å². The number of benzene rings is 1. The number of nitrogens with zero attached hydrogens (tertiary/aromatic N) is 2. The summed E-state index contributed by atoms with van der Waals surface area (Å²) in [5.74, 6) is -0.276. The lowest BCUT2D eigenvalue weighted by Crippen LogP contribution is -2.12. The Morgan fingerprint density at radius 2 is 1.43 bits per heavy atom. The zero-order chi connectivity index (χ0) is 15.8. The van der Waals surface area contributed by atoms with Crippen molar-refractivity contribution in [1.29, 1.82) is 0 Å². The number of rotatable bonds is 1. The Morgan fingerprint density at radius 1 is 0.857 bits per heavy atom. The maximum Gasteiger partial charge on any atom is 0.417 e. The summed E-state index contributed by atoms with van der Waals surface area (Å²) < 4.78 is 76.5. The fourth-order valence-electron chi connectivity index (χ4n) is 1.68. The molecule has 21 heavy (non-hydrogen) atoms. The van der Waals surface area contributed by atoms with Crippen LogP contribution in [0.15, 0.2) is 30.6 Å². The van der Waals surface area contributed by atoms with E-state index < -0.39 is 29.0 Å². The van der Waals surface area contributed by atoms with Gasteiger partial charge in [-0.2, -0.15) is 26.3 Å². The lowest BCUT2D eigenvalue weighted by atomic mass is 10.0. The first-order valence-electron chi connectivity index (χ1n) is 5.66. The molecule has 0 saturated carbocycles. The second kappa shape index (κ2) is 5.01. The Bertz CT molecular complexity index is 643. The molecular weight excluding hydrogens is 298 g/mol. The minimum absolute atomic E-state index is 0.0680. The van der Waals surface area contributed by atoms with Gasteiger partial charge in [-0.25, -0.2) is 9.97 Å². The van der Waals surface area contributed by atoms with Gasteiger partial charge in [0.2, 0.25) is 0 Å². The van der Waals surface area contributed by atoms with Gasteiger partial charge in [0.15, 0.2) is 5.82 Å².